The monoisotopic (exact) mass is 700 g/mol. The van der Waals surface area contributed by atoms with Gasteiger partial charge in [-0.2, -0.15) is 0 Å². The third-order valence-electron chi connectivity index (χ3n) is 8.73. The maximum atomic E-state index is 14.4. The minimum atomic E-state index is -0.493. The van der Waals surface area contributed by atoms with Gasteiger partial charge in [0.1, 0.15) is 24.0 Å². The molecule has 2 unspecified atom stereocenters. The Morgan fingerprint density at radius 2 is 1.78 bits per heavy atom. The summed E-state index contributed by atoms with van der Waals surface area (Å²) in [6.07, 6.45) is 5.06. The topological polar surface area (TPSA) is 120 Å². The lowest BCUT2D eigenvalue weighted by molar-refractivity contribution is -0.143. The first kappa shape index (κ1) is 33.6. The van der Waals surface area contributed by atoms with Crippen LogP contribution >= 0.6 is 11.3 Å². The Hall–Kier alpha value is -4.92. The van der Waals surface area contributed by atoms with Gasteiger partial charge in [-0.15, -0.1) is 11.3 Å². The molecule has 0 bridgehead atoms. The predicted molar refractivity (Wildman–Crippen MR) is 184 cm³/mol. The zero-order chi connectivity index (χ0) is 34.8. The van der Waals surface area contributed by atoms with E-state index in [0.29, 0.717) is 56.4 Å². The first-order valence-electron chi connectivity index (χ1n) is 16.6. The molecule has 2 aromatic carbocycles. The van der Waals surface area contributed by atoms with E-state index in [9.17, 15) is 18.8 Å². The SMILES string of the molecule is CC1CN(C(=O)Cn2ccn3c(=O)c(OCc4ccccc4)c(-c4ncc(Cc5ccc(F)cc5C(=O)N5CCOCC5)s4)nc23)CC(C)O1. The van der Waals surface area contributed by atoms with E-state index in [1.165, 1.54) is 27.9 Å². The van der Waals surface area contributed by atoms with Crippen molar-refractivity contribution in [3.63, 3.8) is 0 Å². The zero-order valence-corrected chi connectivity index (χ0v) is 28.6. The standard InChI is InChI=1S/C36H37FN6O6S/c1-23-19-42(20-24(2)49-23)30(44)21-41-10-11-43-35(46)32(48-22-25-6-4-3-5-7-25)31(39-36(41)43)33-38-18-28(50-33)16-26-8-9-27(37)17-29(26)34(45)40-12-14-47-15-13-40/h3-11,17-18,23-24H,12-16,19-22H2,1-2H3. The average Bonchev–Trinajstić information content (AvgIpc) is 3.75. The van der Waals surface area contributed by atoms with Crippen LogP contribution in [0.5, 0.6) is 5.75 Å². The molecule has 50 heavy (non-hydrogen) atoms. The number of hydrogen-bond donors (Lipinski definition) is 0. The van der Waals surface area contributed by atoms with Crippen LogP contribution in [0.4, 0.5) is 4.39 Å². The number of imidazole rings is 1. The summed E-state index contributed by atoms with van der Waals surface area (Å²) in [7, 11) is 0. The number of fused-ring (bicyclic) bond motifs is 1. The van der Waals surface area contributed by atoms with E-state index >= 15 is 0 Å². The molecule has 2 aliphatic rings. The molecule has 0 aliphatic carbocycles. The molecule has 12 nitrogen and oxygen atoms in total. The Kier molecular flexibility index (Phi) is 9.74. The van der Waals surface area contributed by atoms with Gasteiger partial charge in [0.05, 0.1) is 25.4 Å². The lowest BCUT2D eigenvalue weighted by Gasteiger charge is -2.35. The van der Waals surface area contributed by atoms with Gasteiger partial charge in [-0.3, -0.25) is 14.4 Å². The highest BCUT2D eigenvalue weighted by Gasteiger charge is 2.28. The molecule has 3 aromatic heterocycles. The number of benzene rings is 2. The van der Waals surface area contributed by atoms with Gasteiger partial charge in [-0.1, -0.05) is 36.4 Å². The van der Waals surface area contributed by atoms with Gasteiger partial charge in [0.2, 0.25) is 17.4 Å². The third kappa shape index (κ3) is 7.18. The largest absolute Gasteiger partial charge is 0.481 e. The molecule has 0 saturated carbocycles. The van der Waals surface area contributed by atoms with Crippen LogP contribution in [-0.4, -0.2) is 92.2 Å². The van der Waals surface area contributed by atoms with Crippen LogP contribution < -0.4 is 10.3 Å². The summed E-state index contributed by atoms with van der Waals surface area (Å²) in [5.41, 5.74) is 1.62. The number of carbonyl (C=O) groups excluding carboxylic acids is 2. The van der Waals surface area contributed by atoms with E-state index < -0.39 is 11.4 Å². The van der Waals surface area contributed by atoms with Crippen LogP contribution in [0.25, 0.3) is 16.5 Å². The Morgan fingerprint density at radius 1 is 1.02 bits per heavy atom. The van der Waals surface area contributed by atoms with Crippen molar-refractivity contribution >= 4 is 28.9 Å². The molecular weight excluding hydrogens is 663 g/mol. The van der Waals surface area contributed by atoms with E-state index in [-0.39, 0.29) is 60.0 Å². The summed E-state index contributed by atoms with van der Waals surface area (Å²) in [6, 6.07) is 13.7. The molecule has 2 fully saturated rings. The van der Waals surface area contributed by atoms with Gasteiger partial charge in [-0.25, -0.2) is 18.8 Å². The number of rotatable bonds is 9. The minimum absolute atomic E-state index is 0.0142. The summed E-state index contributed by atoms with van der Waals surface area (Å²) in [6.45, 7) is 6.69. The Bertz CT molecular complexity index is 2060. The predicted octanol–water partition coefficient (Wildman–Crippen LogP) is 4.04. The second-order valence-corrected chi connectivity index (χ2v) is 13.7. The Morgan fingerprint density at radius 3 is 2.54 bits per heavy atom. The van der Waals surface area contributed by atoms with Crippen LogP contribution in [0.2, 0.25) is 0 Å². The van der Waals surface area contributed by atoms with Gasteiger partial charge in [-0.05, 0) is 37.1 Å². The maximum Gasteiger partial charge on any atom is 0.302 e. The lowest BCUT2D eigenvalue weighted by Crippen LogP contribution is -2.49. The van der Waals surface area contributed by atoms with Crippen molar-refractivity contribution in [1.82, 2.24) is 28.7 Å². The molecule has 2 saturated heterocycles. The van der Waals surface area contributed by atoms with Crippen LogP contribution in [0.15, 0.2) is 71.9 Å². The molecular formula is C36H37FN6O6S. The number of hydrogen-bond acceptors (Lipinski definition) is 9. The molecule has 260 valence electrons. The second-order valence-electron chi connectivity index (χ2n) is 12.5. The number of ether oxygens (including phenoxy) is 3. The molecule has 0 radical (unpaired) electrons. The van der Waals surface area contributed by atoms with Gasteiger partial charge >= 0.3 is 5.56 Å². The molecule has 0 N–H and O–H groups in total. The summed E-state index contributed by atoms with van der Waals surface area (Å²) in [5, 5.41) is 0.431. The first-order chi connectivity index (χ1) is 24.2. The maximum absolute atomic E-state index is 14.4. The average molecular weight is 701 g/mol. The first-order valence-corrected chi connectivity index (χ1v) is 17.4. The highest BCUT2D eigenvalue weighted by atomic mass is 32.1. The summed E-state index contributed by atoms with van der Waals surface area (Å²) >= 11 is 1.30. The van der Waals surface area contributed by atoms with Gasteiger partial charge in [0, 0.05) is 61.6 Å². The number of carbonyl (C=O) groups is 2. The number of thiazole rings is 1. The van der Waals surface area contributed by atoms with E-state index in [4.69, 9.17) is 19.2 Å². The molecule has 0 spiro atoms. The smallest absolute Gasteiger partial charge is 0.302 e. The van der Waals surface area contributed by atoms with Crippen molar-refractivity contribution in [2.45, 2.75) is 45.6 Å². The molecule has 5 heterocycles. The summed E-state index contributed by atoms with van der Waals surface area (Å²) in [4.78, 5) is 54.5. The highest BCUT2D eigenvalue weighted by molar-refractivity contribution is 7.15. The fraction of sp³-hybridized carbons (Fsp3) is 0.361. The quantitative estimate of drug-likeness (QED) is 0.226. The minimum Gasteiger partial charge on any atom is -0.481 e. The molecule has 2 amide bonds. The van der Waals surface area contributed by atoms with Crippen LogP contribution in [0, 0.1) is 5.82 Å². The number of nitrogens with zero attached hydrogens (tertiary/aromatic N) is 6. The molecule has 2 aliphatic heterocycles. The van der Waals surface area contributed by atoms with E-state index in [2.05, 4.69) is 4.98 Å². The van der Waals surface area contributed by atoms with Gasteiger partial charge in [0.15, 0.2) is 5.69 Å². The van der Waals surface area contributed by atoms with E-state index in [0.717, 1.165) is 10.4 Å². The van der Waals surface area contributed by atoms with Gasteiger partial charge in [0.25, 0.3) is 5.91 Å². The normalized spacial score (nSPS) is 18.1. The fourth-order valence-electron chi connectivity index (χ4n) is 6.34. The molecule has 14 heteroatoms. The van der Waals surface area contributed by atoms with Crippen molar-refractivity contribution in [1.29, 1.82) is 0 Å². The summed E-state index contributed by atoms with van der Waals surface area (Å²) in [5.74, 6) is -0.553. The molecule has 5 aromatic rings. The second kappa shape index (κ2) is 14.5. The van der Waals surface area contributed by atoms with Crippen molar-refractivity contribution in [3.8, 4) is 16.5 Å². The number of morpholine rings is 2. The highest BCUT2D eigenvalue weighted by Crippen LogP contribution is 2.32. The van der Waals surface area contributed by atoms with Crippen molar-refractivity contribution in [2.24, 2.45) is 0 Å². The Labute approximate surface area is 291 Å². The van der Waals surface area contributed by atoms with Crippen LogP contribution in [0.1, 0.15) is 40.2 Å². The van der Waals surface area contributed by atoms with Crippen molar-refractivity contribution in [3.05, 3.63) is 105 Å². The zero-order valence-electron chi connectivity index (χ0n) is 27.8. The third-order valence-corrected chi connectivity index (χ3v) is 9.74. The lowest BCUT2D eigenvalue weighted by atomic mass is 10.0. The number of amides is 2. The van der Waals surface area contributed by atoms with Crippen molar-refractivity contribution in [2.75, 3.05) is 39.4 Å². The van der Waals surface area contributed by atoms with E-state index in [1.54, 1.807) is 39.0 Å². The van der Waals surface area contributed by atoms with E-state index in [1.807, 2.05) is 44.2 Å². The fourth-order valence-corrected chi connectivity index (χ4v) is 7.26. The van der Waals surface area contributed by atoms with Gasteiger partial charge < -0.3 is 28.6 Å². The number of halogens is 1. The molecule has 7 rings (SSSR count). The van der Waals surface area contributed by atoms with Crippen molar-refractivity contribution < 1.29 is 28.2 Å². The summed E-state index contributed by atoms with van der Waals surface area (Å²) < 4.78 is 34.7. The Balaban J connectivity index is 1.22. The van der Waals surface area contributed by atoms with Crippen LogP contribution in [0.3, 0.4) is 0 Å². The molecule has 2 atom stereocenters. The number of aromatic nitrogens is 4. The van der Waals surface area contributed by atoms with Crippen LogP contribution in [-0.2, 0) is 33.8 Å².